The van der Waals surface area contributed by atoms with Gasteiger partial charge < -0.3 is 68.9 Å². The first-order chi connectivity index (χ1) is 69.2. The van der Waals surface area contributed by atoms with Crippen LogP contribution in [0.1, 0.15) is 127 Å². The number of rotatable bonds is 32. The summed E-state index contributed by atoms with van der Waals surface area (Å²) in [7, 11) is 3.16. The number of ether oxygens (including phenoxy) is 2. The van der Waals surface area contributed by atoms with Crippen LogP contribution in [0.25, 0.3) is 0 Å². The molecule has 19 rings (SSSR count). The van der Waals surface area contributed by atoms with Crippen molar-refractivity contribution in [3.8, 4) is 5.75 Å². The Balaban J connectivity index is 0.000000136. The van der Waals surface area contributed by atoms with Crippen LogP contribution in [0.3, 0.4) is 0 Å². The Bertz CT molecular complexity index is 6980. The van der Waals surface area contributed by atoms with Crippen LogP contribution < -0.4 is 61.1 Å². The summed E-state index contributed by atoms with van der Waals surface area (Å²) in [5.74, 6) is 1.33. The fourth-order valence-electron chi connectivity index (χ4n) is 16.0. The first-order valence-corrected chi connectivity index (χ1v) is 45.4. The Labute approximate surface area is 821 Å². The summed E-state index contributed by atoms with van der Waals surface area (Å²) >= 11 is 0. The Morgan fingerprint density at radius 1 is 0.375 bits per heavy atom. The summed E-state index contributed by atoms with van der Waals surface area (Å²) in [4.78, 5) is 168. The minimum absolute atomic E-state index is 0.0524. The van der Waals surface area contributed by atoms with E-state index in [1.807, 2.05) is 178 Å². The fourth-order valence-corrected chi connectivity index (χ4v) is 16.0. The summed E-state index contributed by atoms with van der Waals surface area (Å²) in [6, 6.07) is 29.6. The number of Topliss-reactive ketones (excluding diaryl/α,β-unsaturated/α-hetero) is 1. The Hall–Kier alpha value is -17.9. The maximum atomic E-state index is 12.8. The molecule has 144 heavy (non-hydrogen) atoms. The molecule has 6 N–H and O–H groups in total. The highest BCUT2D eigenvalue weighted by Gasteiger charge is 2.45. The van der Waals surface area contributed by atoms with Crippen molar-refractivity contribution in [3.63, 3.8) is 0 Å². The van der Waals surface area contributed by atoms with Crippen molar-refractivity contribution in [2.75, 3.05) is 51.8 Å². The third-order valence-corrected chi connectivity index (χ3v) is 23.9. The smallest absolute Gasteiger partial charge is 0.331 e. The number of carbonyl (C=O) groups excluding carboxylic acids is 13. The van der Waals surface area contributed by atoms with E-state index in [2.05, 4.69) is 83.2 Å². The molecule has 17 amide bonds. The molecule has 4 atom stereocenters. The Morgan fingerprint density at radius 3 is 1.01 bits per heavy atom. The molecule has 47 heteroatoms. The van der Waals surface area contributed by atoms with Crippen LogP contribution in [0.2, 0.25) is 0 Å². The van der Waals surface area contributed by atoms with E-state index >= 15 is 0 Å². The van der Waals surface area contributed by atoms with Crippen LogP contribution >= 0.6 is 0 Å². The number of anilines is 5. The molecule has 5 fully saturated rings. The van der Waals surface area contributed by atoms with Crippen molar-refractivity contribution in [2.45, 2.75) is 172 Å². The van der Waals surface area contributed by atoms with Gasteiger partial charge in [0, 0.05) is 91.8 Å². The number of aryl methyl sites for hydroxylation is 10. The van der Waals surface area contributed by atoms with E-state index in [0.717, 1.165) is 109 Å². The fraction of sp³-hybridized carbons (Fsp3) is 0.309. The topological polar surface area (TPSA) is 551 Å². The highest BCUT2D eigenvalue weighted by molar-refractivity contribution is 6.24. The molecule has 4 unspecified atom stereocenters. The summed E-state index contributed by atoms with van der Waals surface area (Å²) in [5, 5.41) is 56.6. The molecule has 746 valence electrons. The number of amides is 17. The molecular weight excluding hydrogens is 1860 g/mol. The molecule has 0 saturated carbocycles. The number of imide groups is 5. The number of nitrogens with zero attached hydrogens (tertiary/aromatic N) is 21. The molecule has 0 radical (unpaired) electrons. The zero-order chi connectivity index (χ0) is 102. The second-order valence-corrected chi connectivity index (χ2v) is 34.3. The Morgan fingerprint density at radius 2 is 0.681 bits per heavy atom. The minimum Gasteiger partial charge on any atom is -0.497 e. The van der Waals surface area contributed by atoms with Gasteiger partial charge in [-0.05, 0) is 104 Å². The lowest BCUT2D eigenvalue weighted by molar-refractivity contribution is -0.125. The van der Waals surface area contributed by atoms with Gasteiger partial charge in [0.05, 0.1) is 154 Å². The number of carbonyl (C=O) groups is 13. The van der Waals surface area contributed by atoms with Crippen molar-refractivity contribution in [1.82, 2.24) is 111 Å². The lowest BCUT2D eigenvalue weighted by atomic mass is 10.0. The first-order valence-electron chi connectivity index (χ1n) is 45.4. The molecule has 0 bridgehead atoms. The van der Waals surface area contributed by atoms with Gasteiger partial charge in [-0.2, -0.15) is 25.5 Å². The quantitative estimate of drug-likeness (QED) is 0.0215. The third kappa shape index (κ3) is 23.9. The van der Waals surface area contributed by atoms with Crippen molar-refractivity contribution in [2.24, 2.45) is 0 Å². The molecule has 4 aromatic carbocycles. The van der Waals surface area contributed by atoms with Crippen LogP contribution in [0.4, 0.5) is 52.4 Å². The van der Waals surface area contributed by atoms with Gasteiger partial charge in [0.15, 0.2) is 0 Å². The van der Waals surface area contributed by atoms with Crippen LogP contribution in [0, 0.1) is 69.2 Å². The number of nitrogens with one attached hydrogen (secondary N) is 6. The van der Waals surface area contributed by atoms with E-state index in [4.69, 9.17) is 32.1 Å². The van der Waals surface area contributed by atoms with Gasteiger partial charge in [0.1, 0.15) is 71.0 Å². The number of hydrogen-bond donors (Lipinski definition) is 6. The van der Waals surface area contributed by atoms with E-state index in [1.54, 1.807) is 75.5 Å². The molecule has 10 aromatic heterocycles. The second-order valence-electron chi connectivity index (χ2n) is 34.3. The van der Waals surface area contributed by atoms with Gasteiger partial charge >= 0.3 is 30.2 Å². The lowest BCUT2D eigenvalue weighted by Crippen LogP contribution is -2.36. The normalized spacial score (nSPS) is 15.9. The molecule has 47 nitrogen and oxygen atoms in total. The third-order valence-electron chi connectivity index (χ3n) is 23.9. The van der Waals surface area contributed by atoms with Gasteiger partial charge in [0.2, 0.25) is 11.8 Å². The maximum Gasteiger partial charge on any atom is 0.331 e. The molecule has 5 aliphatic rings. The van der Waals surface area contributed by atoms with Gasteiger partial charge in [-0.15, -0.1) is 0 Å². The summed E-state index contributed by atoms with van der Waals surface area (Å²) in [6.07, 6.45) is 15.3. The maximum absolute atomic E-state index is 12.8. The number of hydrogen-bond acceptors (Lipinski definition) is 30. The minimum atomic E-state index is -0.950. The second kappa shape index (κ2) is 44.9. The first kappa shape index (κ1) is 100. The molecule has 0 spiro atoms. The van der Waals surface area contributed by atoms with E-state index in [0.29, 0.717) is 103 Å². The number of benzene rings is 4. The Kier molecular flexibility index (Phi) is 31.3. The number of methoxy groups -OCH3 is 1. The molecule has 5 saturated heterocycles. The van der Waals surface area contributed by atoms with Crippen LogP contribution in [-0.4, -0.2) is 208 Å². The van der Waals surface area contributed by atoms with E-state index < -0.39 is 66.0 Å². The summed E-state index contributed by atoms with van der Waals surface area (Å²) in [5.41, 5.74) is 14.0. The molecule has 5 aliphatic heterocycles. The van der Waals surface area contributed by atoms with E-state index in [9.17, 15) is 62.3 Å². The zero-order valence-corrected chi connectivity index (χ0v) is 80.5. The SMILES string of the molecule is COc1cccc(CNC(=O)CC2NC(=O)N(c3cnn(Cc4c(C)noc4C)c3)C2=O)c1.Cc1noc(C)c1Cn1cc(N2C(=O)CN(C)C2=O)cn1.Cc1noc(C)c1Cn1cc(N2C(=O)NC(CC(=O)Cc3ccccc3)C2=O)cn1.Cc1noc(C)c1Cn1cc(N2C(=O)NC(CC(=O)NCc3ccccc3)C2=O)cn1.Cc1noc(C)c1Cn1cc(N2C(=O)NC(COCc3ccccc3)C2=O)cn1. The van der Waals surface area contributed by atoms with Gasteiger partial charge in [-0.1, -0.05) is 129 Å². The van der Waals surface area contributed by atoms with Crippen molar-refractivity contribution in [1.29, 1.82) is 0 Å². The van der Waals surface area contributed by atoms with Crippen molar-refractivity contribution in [3.05, 3.63) is 285 Å². The summed E-state index contributed by atoms with van der Waals surface area (Å²) in [6.45, 7) is 21.6. The molecule has 0 aliphatic carbocycles. The van der Waals surface area contributed by atoms with Gasteiger partial charge in [0.25, 0.3) is 29.5 Å². The van der Waals surface area contributed by atoms with Gasteiger partial charge in [-0.25, -0.2) is 48.5 Å². The van der Waals surface area contributed by atoms with Crippen molar-refractivity contribution < 1.29 is 94.4 Å². The number of likely N-dealkylation sites (N-methyl/N-ethyl adjacent to an activating group) is 1. The van der Waals surface area contributed by atoms with Crippen LogP contribution in [-0.2, 0) is 102 Å². The monoisotopic (exact) mass is 1970 g/mol. The van der Waals surface area contributed by atoms with Crippen LogP contribution in [0.15, 0.2) is 200 Å². The predicted molar refractivity (Wildman–Crippen MR) is 509 cm³/mol. The lowest BCUT2D eigenvalue weighted by Gasteiger charge is -2.11. The van der Waals surface area contributed by atoms with E-state index in [1.165, 1.54) is 35.9 Å². The average molecular weight is 1970 g/mol. The average Bonchev–Trinajstić information content (AvgIpc) is 1.65. The van der Waals surface area contributed by atoms with E-state index in [-0.39, 0.29) is 80.8 Å². The standard InChI is InChI=1S/C22H24N6O5.C21H22N6O4.C21H21N5O4.C20H21N5O4.C13H15N5O3/c1-13-18(14(2)33-26-13)12-27-11-16(10-24-27)28-21(30)19(25-22(28)31)8-20(29)23-9-15-5-4-6-17(7-15)32-3;1-13-17(14(2)31-25-13)12-26-11-16(10-23-26)27-20(29)18(24-21(27)30)8-19(28)22-9-15-6-4-3-5-7-15;1-13-18(14(2)30-24-13)12-25-11-16(10-22-25)26-20(28)19(23-21(26)29)9-17(27)8-15-6-4-3-5-7-15;1-13-17(14(2)29-23-13)10-24-9-16(8-21-24)25-19(26)18(22-20(25)27)12-28-11-15-6-4-3-5-7-15;1-8-11(9(2)21-15-8)6-17-5-10(4-14-17)18-12(19)7-16(3)13(18)20/h4-7,10-11,19H,8-9,12H2,1-3H3,(H,23,29)(H,25,31);3-7,10-11,18H,8-9,12H2,1-2H3,(H,22,28)(H,24,30);3-7,10-11,19H,8-9,12H2,1-2H3,(H,23,29);3-9,18H,10-12H2,1-2H3,(H,22,27);4-5H,6-7H2,1-3H3. The highest BCUT2D eigenvalue weighted by Crippen LogP contribution is 2.30. The zero-order valence-electron chi connectivity index (χ0n) is 80.5. The largest absolute Gasteiger partial charge is 0.497 e. The number of urea groups is 5. The number of aromatic nitrogens is 15. The molecule has 15 heterocycles. The van der Waals surface area contributed by atoms with Crippen LogP contribution in [0.5, 0.6) is 5.75 Å². The molecular formula is C97H103N27O20. The van der Waals surface area contributed by atoms with Crippen molar-refractivity contribution >= 4 is 106 Å². The highest BCUT2D eigenvalue weighted by atomic mass is 16.5. The summed E-state index contributed by atoms with van der Waals surface area (Å²) < 4.78 is 44.6. The number of ketones is 1. The molecule has 14 aromatic rings. The predicted octanol–water partition coefficient (Wildman–Crippen LogP) is 8.62. The van der Waals surface area contributed by atoms with Gasteiger partial charge in [-0.3, -0.25) is 61.8 Å².